The second-order valence-corrected chi connectivity index (χ2v) is 5.99. The summed E-state index contributed by atoms with van der Waals surface area (Å²) >= 11 is 0. The van der Waals surface area contributed by atoms with Crippen molar-refractivity contribution in [2.75, 3.05) is 12.3 Å². The van der Waals surface area contributed by atoms with Crippen LogP contribution in [0.4, 0.5) is 5.82 Å². The molecule has 1 unspecified atom stereocenters. The number of aromatic nitrogens is 1. The van der Waals surface area contributed by atoms with Crippen LogP contribution in [-0.4, -0.2) is 17.4 Å². The Bertz CT molecular complexity index is 457. The fraction of sp³-hybridized carbons (Fsp3) is 0.647. The average Bonchev–Trinajstić information content (AvgIpc) is 2.46. The zero-order valence-electron chi connectivity index (χ0n) is 13.8. The summed E-state index contributed by atoms with van der Waals surface area (Å²) < 4.78 is 0. The molecule has 21 heavy (non-hydrogen) atoms. The standard InChI is InChI=1S/C17H29N3O/c1-5-7-8-13(6-2)11-19-17(21)14-9-15(12(3)4)20-16(18)10-14/h9-10,12-13H,5-8,11H2,1-4H3,(H2,18,20)(H,19,21). The maximum absolute atomic E-state index is 12.3. The number of pyridine rings is 1. The summed E-state index contributed by atoms with van der Waals surface area (Å²) in [6, 6.07) is 3.48. The number of nitrogens with two attached hydrogens (primary N) is 1. The van der Waals surface area contributed by atoms with E-state index in [1.54, 1.807) is 6.07 Å². The molecule has 0 aliphatic rings. The number of hydrogen-bond donors (Lipinski definition) is 2. The fourth-order valence-corrected chi connectivity index (χ4v) is 2.28. The summed E-state index contributed by atoms with van der Waals surface area (Å²) in [5.74, 6) is 1.16. The van der Waals surface area contributed by atoms with E-state index in [2.05, 4.69) is 24.1 Å². The van der Waals surface area contributed by atoms with E-state index < -0.39 is 0 Å². The van der Waals surface area contributed by atoms with Gasteiger partial charge in [-0.25, -0.2) is 4.98 Å². The Morgan fingerprint density at radius 3 is 2.62 bits per heavy atom. The normalized spacial score (nSPS) is 12.4. The van der Waals surface area contributed by atoms with Crippen molar-refractivity contribution in [1.29, 1.82) is 0 Å². The van der Waals surface area contributed by atoms with E-state index in [1.165, 1.54) is 19.3 Å². The summed E-state index contributed by atoms with van der Waals surface area (Å²) in [6.07, 6.45) is 4.68. The van der Waals surface area contributed by atoms with E-state index in [9.17, 15) is 4.79 Å². The van der Waals surface area contributed by atoms with Crippen LogP contribution < -0.4 is 11.1 Å². The highest BCUT2D eigenvalue weighted by Gasteiger charge is 2.13. The third-order valence-electron chi connectivity index (χ3n) is 3.81. The van der Waals surface area contributed by atoms with Gasteiger partial charge in [0.05, 0.1) is 0 Å². The Labute approximate surface area is 128 Å². The number of unbranched alkanes of at least 4 members (excludes halogenated alkanes) is 1. The van der Waals surface area contributed by atoms with Gasteiger partial charge in [0.25, 0.3) is 5.91 Å². The largest absolute Gasteiger partial charge is 0.384 e. The van der Waals surface area contributed by atoms with Gasteiger partial charge in [-0.3, -0.25) is 4.79 Å². The van der Waals surface area contributed by atoms with Crippen molar-refractivity contribution in [1.82, 2.24) is 10.3 Å². The molecule has 0 aliphatic carbocycles. The zero-order chi connectivity index (χ0) is 15.8. The number of rotatable bonds is 8. The maximum atomic E-state index is 12.3. The lowest BCUT2D eigenvalue weighted by molar-refractivity contribution is 0.0945. The third kappa shape index (κ3) is 5.74. The first-order valence-electron chi connectivity index (χ1n) is 8.03. The van der Waals surface area contributed by atoms with Crippen LogP contribution in [0.25, 0.3) is 0 Å². The average molecular weight is 291 g/mol. The number of nitrogens with one attached hydrogen (secondary N) is 1. The van der Waals surface area contributed by atoms with Crippen molar-refractivity contribution in [3.63, 3.8) is 0 Å². The van der Waals surface area contributed by atoms with Crippen molar-refractivity contribution < 1.29 is 4.79 Å². The van der Waals surface area contributed by atoms with Crippen LogP contribution in [0.1, 0.15) is 75.3 Å². The topological polar surface area (TPSA) is 68.0 Å². The molecule has 3 N–H and O–H groups in total. The molecule has 1 heterocycles. The smallest absolute Gasteiger partial charge is 0.251 e. The minimum atomic E-state index is -0.0547. The van der Waals surface area contributed by atoms with Crippen LogP contribution >= 0.6 is 0 Å². The number of hydrogen-bond acceptors (Lipinski definition) is 3. The first kappa shape index (κ1) is 17.5. The van der Waals surface area contributed by atoms with Gasteiger partial charge in [-0.15, -0.1) is 0 Å². The Kier molecular flexibility index (Phi) is 7.20. The van der Waals surface area contributed by atoms with Crippen molar-refractivity contribution in [3.8, 4) is 0 Å². The SMILES string of the molecule is CCCCC(CC)CNC(=O)c1cc(N)nc(C(C)C)c1. The lowest BCUT2D eigenvalue weighted by Crippen LogP contribution is -2.29. The zero-order valence-corrected chi connectivity index (χ0v) is 13.8. The second kappa shape index (κ2) is 8.65. The lowest BCUT2D eigenvalue weighted by Gasteiger charge is -2.16. The van der Waals surface area contributed by atoms with Crippen LogP contribution in [0.3, 0.4) is 0 Å². The molecule has 0 bridgehead atoms. The summed E-state index contributed by atoms with van der Waals surface area (Å²) in [4.78, 5) is 16.5. The summed E-state index contributed by atoms with van der Waals surface area (Å²) in [5, 5.41) is 3.03. The van der Waals surface area contributed by atoms with Gasteiger partial charge in [-0.2, -0.15) is 0 Å². The monoisotopic (exact) mass is 291 g/mol. The number of anilines is 1. The van der Waals surface area contributed by atoms with Gasteiger partial charge in [0.1, 0.15) is 5.82 Å². The van der Waals surface area contributed by atoms with Gasteiger partial charge in [0.15, 0.2) is 0 Å². The molecule has 0 spiro atoms. The highest BCUT2D eigenvalue weighted by Crippen LogP contribution is 2.16. The quantitative estimate of drug-likeness (QED) is 0.766. The number of amides is 1. The Hall–Kier alpha value is -1.58. The summed E-state index contributed by atoms with van der Waals surface area (Å²) in [7, 11) is 0. The van der Waals surface area contributed by atoms with E-state index in [0.717, 1.165) is 18.7 Å². The van der Waals surface area contributed by atoms with Crippen molar-refractivity contribution >= 4 is 11.7 Å². The second-order valence-electron chi connectivity index (χ2n) is 5.99. The third-order valence-corrected chi connectivity index (χ3v) is 3.81. The molecule has 1 rings (SSSR count). The van der Waals surface area contributed by atoms with Crippen LogP contribution in [0.15, 0.2) is 12.1 Å². The van der Waals surface area contributed by atoms with Crippen molar-refractivity contribution in [3.05, 3.63) is 23.4 Å². The minimum Gasteiger partial charge on any atom is -0.384 e. The molecule has 4 nitrogen and oxygen atoms in total. The number of nitrogen functional groups attached to an aromatic ring is 1. The molecule has 1 aromatic rings. The molecule has 1 atom stereocenters. The van der Waals surface area contributed by atoms with Crippen LogP contribution in [0.5, 0.6) is 0 Å². The first-order valence-corrected chi connectivity index (χ1v) is 8.03. The number of carbonyl (C=O) groups is 1. The minimum absolute atomic E-state index is 0.0547. The Balaban J connectivity index is 2.66. The van der Waals surface area contributed by atoms with E-state index in [4.69, 9.17) is 5.73 Å². The predicted molar refractivity (Wildman–Crippen MR) is 88.4 cm³/mol. The summed E-state index contributed by atoms with van der Waals surface area (Å²) in [6.45, 7) is 9.18. The fourth-order valence-electron chi connectivity index (χ4n) is 2.28. The van der Waals surface area contributed by atoms with Gasteiger partial charge >= 0.3 is 0 Å². The molecule has 0 fully saturated rings. The molecule has 0 aromatic carbocycles. The molecular weight excluding hydrogens is 262 g/mol. The molecule has 118 valence electrons. The van der Waals surface area contributed by atoms with E-state index in [0.29, 0.717) is 17.3 Å². The maximum Gasteiger partial charge on any atom is 0.251 e. The Morgan fingerprint density at radius 1 is 1.33 bits per heavy atom. The van der Waals surface area contributed by atoms with E-state index in [1.807, 2.05) is 19.9 Å². The van der Waals surface area contributed by atoms with Gasteiger partial charge in [-0.05, 0) is 30.4 Å². The van der Waals surface area contributed by atoms with E-state index in [-0.39, 0.29) is 11.8 Å². The molecule has 4 heteroatoms. The van der Waals surface area contributed by atoms with E-state index >= 15 is 0 Å². The van der Waals surface area contributed by atoms with Gasteiger partial charge in [-0.1, -0.05) is 47.0 Å². The molecule has 1 aromatic heterocycles. The molecule has 0 saturated heterocycles. The van der Waals surface area contributed by atoms with Crippen molar-refractivity contribution in [2.45, 2.75) is 59.3 Å². The van der Waals surface area contributed by atoms with Crippen LogP contribution in [-0.2, 0) is 0 Å². The van der Waals surface area contributed by atoms with Crippen LogP contribution in [0, 0.1) is 5.92 Å². The number of carbonyl (C=O) groups excluding carboxylic acids is 1. The van der Waals surface area contributed by atoms with Crippen LogP contribution in [0.2, 0.25) is 0 Å². The molecule has 0 radical (unpaired) electrons. The van der Waals surface area contributed by atoms with Gasteiger partial charge in [0, 0.05) is 17.8 Å². The summed E-state index contributed by atoms with van der Waals surface area (Å²) in [5.41, 5.74) is 7.26. The highest BCUT2D eigenvalue weighted by molar-refractivity contribution is 5.94. The van der Waals surface area contributed by atoms with Gasteiger partial charge < -0.3 is 11.1 Å². The number of nitrogens with zero attached hydrogens (tertiary/aromatic N) is 1. The molecule has 1 amide bonds. The lowest BCUT2D eigenvalue weighted by atomic mass is 9.99. The first-order chi connectivity index (χ1) is 9.97. The van der Waals surface area contributed by atoms with Crippen molar-refractivity contribution in [2.24, 2.45) is 5.92 Å². The molecule has 0 aliphatic heterocycles. The van der Waals surface area contributed by atoms with Gasteiger partial charge in [0.2, 0.25) is 0 Å². The highest BCUT2D eigenvalue weighted by atomic mass is 16.1. The Morgan fingerprint density at radius 2 is 2.05 bits per heavy atom. The molecule has 0 saturated carbocycles. The molecular formula is C17H29N3O. The predicted octanol–water partition coefficient (Wildman–Crippen LogP) is 3.73.